The average Bonchev–Trinajstić information content (AvgIpc) is 3.48. The first-order chi connectivity index (χ1) is 14.1. The first kappa shape index (κ1) is 19.1. The monoisotopic (exact) mass is 427 g/mol. The van der Waals surface area contributed by atoms with Crippen LogP contribution in [0.2, 0.25) is 0 Å². The second kappa shape index (κ2) is 8.02. The van der Waals surface area contributed by atoms with Gasteiger partial charge >= 0.3 is 0 Å². The molecule has 0 saturated heterocycles. The molecule has 0 bridgehead atoms. The van der Waals surface area contributed by atoms with Crippen molar-refractivity contribution in [3.8, 4) is 32.8 Å². The van der Waals surface area contributed by atoms with Crippen molar-refractivity contribution in [1.29, 1.82) is 0 Å². The maximum atomic E-state index is 12.7. The summed E-state index contributed by atoms with van der Waals surface area (Å²) in [5, 5.41) is 12.4. The smallest absolute Gasteiger partial charge is 0.270 e. The Hall–Kier alpha value is -3.24. The summed E-state index contributed by atoms with van der Waals surface area (Å²) in [5.74, 6) is 1.60. The number of nitrogens with one attached hydrogen (secondary N) is 2. The largest absolute Gasteiger partial charge is 0.497 e. The van der Waals surface area contributed by atoms with Crippen molar-refractivity contribution < 1.29 is 14.3 Å². The summed E-state index contributed by atoms with van der Waals surface area (Å²) in [6, 6.07) is 9.30. The van der Waals surface area contributed by atoms with Gasteiger partial charge in [0.15, 0.2) is 5.82 Å². The van der Waals surface area contributed by atoms with E-state index in [1.807, 2.05) is 30.5 Å². The molecule has 0 aliphatic heterocycles. The molecule has 0 unspecified atom stereocenters. The fourth-order valence-electron chi connectivity index (χ4n) is 2.70. The number of aromatic amines is 1. The number of carbonyl (C=O) groups is 1. The predicted molar refractivity (Wildman–Crippen MR) is 113 cm³/mol. The number of benzene rings is 1. The van der Waals surface area contributed by atoms with Crippen LogP contribution in [0.25, 0.3) is 21.3 Å². The van der Waals surface area contributed by atoms with Crippen molar-refractivity contribution in [2.24, 2.45) is 0 Å². The normalized spacial score (nSPS) is 10.7. The van der Waals surface area contributed by atoms with E-state index in [4.69, 9.17) is 9.47 Å². The maximum Gasteiger partial charge on any atom is 0.270 e. The van der Waals surface area contributed by atoms with Crippen LogP contribution in [-0.4, -0.2) is 40.3 Å². The van der Waals surface area contributed by atoms with Crippen LogP contribution in [0.5, 0.6) is 11.5 Å². The minimum Gasteiger partial charge on any atom is -0.497 e. The van der Waals surface area contributed by atoms with Gasteiger partial charge in [0.05, 0.1) is 30.4 Å². The lowest BCUT2D eigenvalue weighted by Gasteiger charge is -2.07. The Morgan fingerprint density at radius 2 is 2.03 bits per heavy atom. The van der Waals surface area contributed by atoms with Crippen LogP contribution in [0, 0.1) is 6.92 Å². The molecule has 0 spiro atoms. The first-order valence-electron chi connectivity index (χ1n) is 8.56. The van der Waals surface area contributed by atoms with Crippen LogP contribution in [0.15, 0.2) is 35.7 Å². The number of methoxy groups -OCH3 is 2. The molecule has 0 atom stereocenters. The van der Waals surface area contributed by atoms with Crippen molar-refractivity contribution in [1.82, 2.24) is 20.2 Å². The number of carbonyl (C=O) groups excluding carboxylic acids is 1. The number of ether oxygens (including phenoxy) is 2. The molecule has 4 rings (SSSR count). The molecule has 0 saturated carbocycles. The molecule has 3 aromatic heterocycles. The molecular formula is C19H17N5O3S2. The van der Waals surface area contributed by atoms with E-state index < -0.39 is 0 Å². The third-order valence-corrected chi connectivity index (χ3v) is 6.30. The van der Waals surface area contributed by atoms with Gasteiger partial charge in [-0.25, -0.2) is 4.98 Å². The second-order valence-electron chi connectivity index (χ2n) is 5.94. The van der Waals surface area contributed by atoms with E-state index in [9.17, 15) is 4.79 Å². The van der Waals surface area contributed by atoms with Crippen molar-refractivity contribution in [3.63, 3.8) is 0 Å². The highest BCUT2D eigenvalue weighted by Gasteiger charge is 2.19. The molecule has 2 N–H and O–H groups in total. The van der Waals surface area contributed by atoms with Crippen LogP contribution >= 0.6 is 22.7 Å². The minimum atomic E-state index is -0.296. The lowest BCUT2D eigenvalue weighted by atomic mass is 10.2. The van der Waals surface area contributed by atoms with Crippen molar-refractivity contribution >= 4 is 34.5 Å². The molecule has 0 fully saturated rings. The summed E-state index contributed by atoms with van der Waals surface area (Å²) in [6.45, 7) is 1.81. The highest BCUT2D eigenvalue weighted by atomic mass is 32.1. The molecule has 1 amide bonds. The van der Waals surface area contributed by atoms with E-state index in [-0.39, 0.29) is 11.9 Å². The zero-order valence-corrected chi connectivity index (χ0v) is 17.5. The van der Waals surface area contributed by atoms with E-state index >= 15 is 0 Å². The maximum absolute atomic E-state index is 12.7. The quantitative estimate of drug-likeness (QED) is 0.477. The molecule has 3 heterocycles. The Bertz CT molecular complexity index is 1150. The molecule has 0 aliphatic rings. The summed E-state index contributed by atoms with van der Waals surface area (Å²) >= 11 is 2.93. The molecular weight excluding hydrogens is 410 g/mol. The Balaban J connectivity index is 1.55. The molecule has 148 valence electrons. The first-order valence-corrected chi connectivity index (χ1v) is 10.3. The lowest BCUT2D eigenvalue weighted by molar-refractivity contribution is 0.102. The number of anilines is 1. The Morgan fingerprint density at radius 1 is 1.17 bits per heavy atom. The molecule has 1 aromatic carbocycles. The van der Waals surface area contributed by atoms with Gasteiger partial charge in [-0.2, -0.15) is 4.98 Å². The van der Waals surface area contributed by atoms with Gasteiger partial charge in [0.2, 0.25) is 5.95 Å². The lowest BCUT2D eigenvalue weighted by Crippen LogP contribution is -2.12. The molecule has 10 heteroatoms. The molecule has 29 heavy (non-hydrogen) atoms. The number of rotatable bonds is 6. The van der Waals surface area contributed by atoms with Crippen LogP contribution in [0.1, 0.15) is 15.4 Å². The fourth-order valence-corrected chi connectivity index (χ4v) is 4.46. The van der Waals surface area contributed by atoms with Crippen LogP contribution in [-0.2, 0) is 0 Å². The zero-order chi connectivity index (χ0) is 20.4. The number of aromatic nitrogens is 4. The van der Waals surface area contributed by atoms with Gasteiger partial charge in [0, 0.05) is 6.07 Å². The Morgan fingerprint density at radius 3 is 2.76 bits per heavy atom. The van der Waals surface area contributed by atoms with E-state index in [0.29, 0.717) is 33.5 Å². The van der Waals surface area contributed by atoms with Crippen LogP contribution in [0.3, 0.4) is 0 Å². The fraction of sp³-hybridized carbons (Fsp3) is 0.158. The van der Waals surface area contributed by atoms with Crippen molar-refractivity contribution in [3.05, 3.63) is 46.3 Å². The second-order valence-corrected chi connectivity index (χ2v) is 7.89. The zero-order valence-electron chi connectivity index (χ0n) is 15.8. The number of thiophene rings is 1. The van der Waals surface area contributed by atoms with E-state index in [1.54, 1.807) is 37.7 Å². The molecule has 0 radical (unpaired) electrons. The number of amides is 1. The van der Waals surface area contributed by atoms with Crippen molar-refractivity contribution in [2.75, 3.05) is 19.5 Å². The highest BCUT2D eigenvalue weighted by Crippen LogP contribution is 2.33. The SMILES string of the molecule is COc1ccc(-c2nc(NC(=O)c3sc(-c4cccs4)nc3C)n[nH]2)c(OC)c1. The van der Waals surface area contributed by atoms with Crippen LogP contribution < -0.4 is 14.8 Å². The van der Waals surface area contributed by atoms with E-state index in [2.05, 4.69) is 25.5 Å². The number of hydrogen-bond acceptors (Lipinski definition) is 8. The summed E-state index contributed by atoms with van der Waals surface area (Å²) in [5.41, 5.74) is 1.37. The van der Waals surface area contributed by atoms with Gasteiger partial charge < -0.3 is 9.47 Å². The van der Waals surface area contributed by atoms with Gasteiger partial charge in [0.1, 0.15) is 21.4 Å². The summed E-state index contributed by atoms with van der Waals surface area (Å²) in [4.78, 5) is 23.1. The topological polar surface area (TPSA) is 102 Å². The van der Waals surface area contributed by atoms with Gasteiger partial charge in [-0.05, 0) is 30.5 Å². The summed E-state index contributed by atoms with van der Waals surface area (Å²) in [6.07, 6.45) is 0. The van der Waals surface area contributed by atoms with Gasteiger partial charge in [-0.15, -0.1) is 27.8 Å². The molecule has 8 nitrogen and oxygen atoms in total. The molecule has 4 aromatic rings. The number of hydrogen-bond donors (Lipinski definition) is 2. The number of aryl methyl sites for hydroxylation is 1. The van der Waals surface area contributed by atoms with Crippen LogP contribution in [0.4, 0.5) is 5.95 Å². The Labute approximate surface area is 174 Å². The summed E-state index contributed by atoms with van der Waals surface area (Å²) < 4.78 is 10.6. The van der Waals surface area contributed by atoms with Gasteiger partial charge in [0.25, 0.3) is 5.91 Å². The summed E-state index contributed by atoms with van der Waals surface area (Å²) in [7, 11) is 3.15. The Kier molecular flexibility index (Phi) is 5.28. The molecule has 0 aliphatic carbocycles. The van der Waals surface area contributed by atoms with Gasteiger partial charge in [-0.3, -0.25) is 15.2 Å². The van der Waals surface area contributed by atoms with E-state index in [0.717, 1.165) is 9.88 Å². The number of thiazole rings is 1. The van der Waals surface area contributed by atoms with Gasteiger partial charge in [-0.1, -0.05) is 6.07 Å². The predicted octanol–water partition coefficient (Wildman–Crippen LogP) is 4.23. The number of H-pyrrole nitrogens is 1. The van der Waals surface area contributed by atoms with E-state index in [1.165, 1.54) is 11.3 Å². The average molecular weight is 428 g/mol. The highest BCUT2D eigenvalue weighted by molar-refractivity contribution is 7.22. The minimum absolute atomic E-state index is 0.174. The third-order valence-electron chi connectivity index (χ3n) is 4.11. The van der Waals surface area contributed by atoms with Crippen molar-refractivity contribution in [2.45, 2.75) is 6.92 Å². The number of nitrogens with zero attached hydrogens (tertiary/aromatic N) is 3. The standard InChI is InChI=1S/C19H17N5O3S2/c1-10-15(29-18(20-10)14-5-4-8-28-14)17(25)22-19-21-16(23-24-19)12-7-6-11(26-2)9-13(12)27-3/h4-9H,1-3H3,(H2,21,22,23,24,25). The third kappa shape index (κ3) is 3.84.